The lowest BCUT2D eigenvalue weighted by molar-refractivity contribution is -0.117. The molecule has 1 aromatic carbocycles. The summed E-state index contributed by atoms with van der Waals surface area (Å²) in [6, 6.07) is 2.11. The van der Waals surface area contributed by atoms with E-state index in [1.54, 1.807) is 0 Å². The molecular formula is C21H25F2N5O3. The number of hydrogen-bond acceptors (Lipinski definition) is 7. The number of methoxy groups -OCH3 is 1. The number of hydrogen-bond donors (Lipinski definition) is 2. The number of carbonyl (C=O) groups excluding carboxylic acids is 1. The molecule has 8 nitrogen and oxygen atoms in total. The fourth-order valence-corrected chi connectivity index (χ4v) is 3.81. The summed E-state index contributed by atoms with van der Waals surface area (Å²) < 4.78 is 37.8. The number of ether oxygens (including phenoxy) is 2. The van der Waals surface area contributed by atoms with Crippen LogP contribution >= 0.6 is 0 Å². The summed E-state index contributed by atoms with van der Waals surface area (Å²) in [5, 5.41) is 6.18. The maximum atomic E-state index is 13.8. The SMILES string of the molecule is COc1c(F)cc(OC[C@H]2C[C@@H](Nc3nc(C)c4c(n3)N(C)[C@@H](C)C(=O)N4)C2)cc1F. The van der Waals surface area contributed by atoms with Crippen molar-refractivity contribution in [3.05, 3.63) is 29.5 Å². The summed E-state index contributed by atoms with van der Waals surface area (Å²) in [4.78, 5) is 22.9. The molecule has 1 aliphatic heterocycles. The third-order valence-electron chi connectivity index (χ3n) is 5.84. The number of nitrogens with zero attached hydrogens (tertiary/aromatic N) is 3. The van der Waals surface area contributed by atoms with Gasteiger partial charge in [-0.15, -0.1) is 0 Å². The van der Waals surface area contributed by atoms with E-state index in [0.717, 1.165) is 25.0 Å². The number of anilines is 3. The van der Waals surface area contributed by atoms with Gasteiger partial charge in [0.05, 0.1) is 19.4 Å². The predicted molar refractivity (Wildman–Crippen MR) is 112 cm³/mol. The minimum absolute atomic E-state index is 0.0825. The summed E-state index contributed by atoms with van der Waals surface area (Å²) in [7, 11) is 3.05. The second-order valence-electron chi connectivity index (χ2n) is 8.02. The Morgan fingerprint density at radius 2 is 1.94 bits per heavy atom. The molecule has 0 spiro atoms. The first-order chi connectivity index (χ1) is 14.8. The molecule has 1 aliphatic carbocycles. The van der Waals surface area contributed by atoms with Gasteiger partial charge in [-0.3, -0.25) is 4.79 Å². The third-order valence-corrected chi connectivity index (χ3v) is 5.84. The Labute approximate surface area is 179 Å². The van der Waals surface area contributed by atoms with Crippen molar-refractivity contribution in [2.24, 2.45) is 5.92 Å². The molecule has 31 heavy (non-hydrogen) atoms. The van der Waals surface area contributed by atoms with E-state index in [9.17, 15) is 13.6 Å². The normalized spacial score (nSPS) is 22.3. The Bertz CT molecular complexity index is 990. The number of fused-ring (bicyclic) bond motifs is 1. The van der Waals surface area contributed by atoms with Crippen LogP contribution < -0.4 is 25.0 Å². The summed E-state index contributed by atoms with van der Waals surface area (Å²) in [5.74, 6) is -0.491. The van der Waals surface area contributed by atoms with Crippen LogP contribution in [0.25, 0.3) is 0 Å². The summed E-state index contributed by atoms with van der Waals surface area (Å²) in [6.07, 6.45) is 1.65. The van der Waals surface area contributed by atoms with Crippen LogP contribution in [0, 0.1) is 24.5 Å². The number of aromatic nitrogens is 2. The second kappa shape index (κ2) is 8.16. The molecule has 1 aromatic heterocycles. The minimum atomic E-state index is -0.791. The predicted octanol–water partition coefficient (Wildman–Crippen LogP) is 3.12. The van der Waals surface area contributed by atoms with Crippen molar-refractivity contribution in [3.8, 4) is 11.5 Å². The number of rotatable bonds is 6. The van der Waals surface area contributed by atoms with Gasteiger partial charge in [0.15, 0.2) is 23.2 Å². The summed E-state index contributed by atoms with van der Waals surface area (Å²) >= 11 is 0. The molecule has 0 saturated heterocycles. The van der Waals surface area contributed by atoms with E-state index in [4.69, 9.17) is 4.74 Å². The number of amides is 1. The first kappa shape index (κ1) is 21.1. The highest BCUT2D eigenvalue weighted by atomic mass is 19.1. The van der Waals surface area contributed by atoms with Crippen molar-refractivity contribution >= 4 is 23.4 Å². The number of halogens is 2. The average molecular weight is 433 g/mol. The zero-order chi connectivity index (χ0) is 22.3. The van der Waals surface area contributed by atoms with Crippen molar-refractivity contribution < 1.29 is 23.0 Å². The zero-order valence-corrected chi connectivity index (χ0v) is 17.8. The number of aryl methyl sites for hydroxylation is 1. The molecule has 2 aromatic rings. The summed E-state index contributed by atoms with van der Waals surface area (Å²) in [6.45, 7) is 4.01. The van der Waals surface area contributed by atoms with Gasteiger partial charge in [0, 0.05) is 25.2 Å². The van der Waals surface area contributed by atoms with Crippen LogP contribution in [0.4, 0.5) is 26.2 Å². The van der Waals surface area contributed by atoms with Gasteiger partial charge in [-0.2, -0.15) is 4.98 Å². The highest BCUT2D eigenvalue weighted by molar-refractivity contribution is 6.03. The van der Waals surface area contributed by atoms with Gasteiger partial charge in [0.25, 0.3) is 0 Å². The van der Waals surface area contributed by atoms with Crippen molar-refractivity contribution in [2.45, 2.75) is 38.8 Å². The van der Waals surface area contributed by atoms with E-state index in [0.29, 0.717) is 29.8 Å². The van der Waals surface area contributed by atoms with E-state index in [-0.39, 0.29) is 29.7 Å². The van der Waals surface area contributed by atoms with Gasteiger partial charge < -0.3 is 25.0 Å². The fourth-order valence-electron chi connectivity index (χ4n) is 3.81. The maximum absolute atomic E-state index is 13.8. The molecular weight excluding hydrogens is 408 g/mol. The molecule has 2 aliphatic rings. The van der Waals surface area contributed by atoms with Crippen molar-refractivity contribution in [2.75, 3.05) is 36.3 Å². The molecule has 4 rings (SSSR count). The smallest absolute Gasteiger partial charge is 0.246 e. The van der Waals surface area contributed by atoms with Crippen LogP contribution in [0.15, 0.2) is 12.1 Å². The Hall–Kier alpha value is -3.17. The van der Waals surface area contributed by atoms with Crippen molar-refractivity contribution in [1.29, 1.82) is 0 Å². The van der Waals surface area contributed by atoms with Crippen LogP contribution in [-0.2, 0) is 4.79 Å². The minimum Gasteiger partial charge on any atom is -0.493 e. The molecule has 1 fully saturated rings. The van der Waals surface area contributed by atoms with E-state index in [1.807, 2.05) is 25.8 Å². The molecule has 2 N–H and O–H groups in total. The van der Waals surface area contributed by atoms with Crippen LogP contribution in [0.2, 0.25) is 0 Å². The van der Waals surface area contributed by atoms with Gasteiger partial charge in [-0.25, -0.2) is 13.8 Å². The molecule has 1 amide bonds. The lowest BCUT2D eigenvalue weighted by atomic mass is 9.81. The Morgan fingerprint density at radius 3 is 2.58 bits per heavy atom. The number of nitrogens with one attached hydrogen (secondary N) is 2. The van der Waals surface area contributed by atoms with Crippen molar-refractivity contribution in [1.82, 2.24) is 9.97 Å². The highest BCUT2D eigenvalue weighted by Gasteiger charge is 2.33. The zero-order valence-electron chi connectivity index (χ0n) is 17.8. The lowest BCUT2D eigenvalue weighted by Crippen LogP contribution is -2.45. The van der Waals surface area contributed by atoms with E-state index in [1.165, 1.54) is 7.11 Å². The van der Waals surface area contributed by atoms with Crippen LogP contribution in [-0.4, -0.2) is 48.7 Å². The van der Waals surface area contributed by atoms with Crippen LogP contribution in [0.3, 0.4) is 0 Å². The van der Waals surface area contributed by atoms with Gasteiger partial charge in [0.2, 0.25) is 11.9 Å². The largest absolute Gasteiger partial charge is 0.493 e. The summed E-state index contributed by atoms with van der Waals surface area (Å²) in [5.41, 5.74) is 1.33. The quantitative estimate of drug-likeness (QED) is 0.724. The number of benzene rings is 1. The van der Waals surface area contributed by atoms with E-state index in [2.05, 4.69) is 25.3 Å². The standard InChI is InChI=1S/C21H25F2N5O3/c1-10-17-19(28(3)11(2)20(29)26-17)27-21(24-10)25-13-5-12(6-13)9-31-14-7-15(22)18(30-4)16(23)8-14/h7-8,11-13H,5-6,9H2,1-4H3,(H,26,29)(H,24,25,27)/t11-,12-,13+/m0/s1. The third kappa shape index (κ3) is 4.06. The van der Waals surface area contributed by atoms with Crippen molar-refractivity contribution in [3.63, 3.8) is 0 Å². The molecule has 2 heterocycles. The highest BCUT2D eigenvalue weighted by Crippen LogP contribution is 2.35. The molecule has 1 atom stereocenters. The monoisotopic (exact) mass is 433 g/mol. The second-order valence-corrected chi connectivity index (χ2v) is 8.02. The van der Waals surface area contributed by atoms with Gasteiger partial charge in [-0.05, 0) is 32.6 Å². The van der Waals surface area contributed by atoms with E-state index >= 15 is 0 Å². The average Bonchev–Trinajstić information content (AvgIpc) is 2.68. The van der Waals surface area contributed by atoms with Crippen LogP contribution in [0.1, 0.15) is 25.5 Å². The molecule has 0 unspecified atom stereocenters. The molecule has 0 bridgehead atoms. The van der Waals surface area contributed by atoms with E-state index < -0.39 is 17.4 Å². The Morgan fingerprint density at radius 1 is 1.26 bits per heavy atom. The molecule has 10 heteroatoms. The molecule has 0 radical (unpaired) electrons. The topological polar surface area (TPSA) is 88.6 Å². The maximum Gasteiger partial charge on any atom is 0.246 e. The first-order valence-corrected chi connectivity index (χ1v) is 10.1. The molecule has 1 saturated carbocycles. The molecule has 166 valence electrons. The Kier molecular flexibility index (Phi) is 5.55. The van der Waals surface area contributed by atoms with Gasteiger partial charge in [0.1, 0.15) is 17.5 Å². The number of likely N-dealkylation sites (N-methyl/N-ethyl adjacent to an activating group) is 1. The van der Waals surface area contributed by atoms with Gasteiger partial charge >= 0.3 is 0 Å². The lowest BCUT2D eigenvalue weighted by Gasteiger charge is -2.36. The van der Waals surface area contributed by atoms with Gasteiger partial charge in [-0.1, -0.05) is 0 Å². The number of carbonyl (C=O) groups is 1. The first-order valence-electron chi connectivity index (χ1n) is 10.1. The fraction of sp³-hybridized carbons (Fsp3) is 0.476. The Balaban J connectivity index is 1.33. The van der Waals surface area contributed by atoms with Crippen LogP contribution in [0.5, 0.6) is 11.5 Å².